The number of unbranched alkanes of at least 4 members (excludes halogenated alkanes) is 1. The maximum atomic E-state index is 13.6. The van der Waals surface area contributed by atoms with Crippen molar-refractivity contribution in [3.63, 3.8) is 0 Å². The van der Waals surface area contributed by atoms with Gasteiger partial charge in [-0.15, -0.1) is 0 Å². The van der Waals surface area contributed by atoms with E-state index in [2.05, 4.69) is 17.6 Å². The van der Waals surface area contributed by atoms with E-state index in [0.717, 1.165) is 44.6 Å². The summed E-state index contributed by atoms with van der Waals surface area (Å²) in [6.45, 7) is 9.35. The summed E-state index contributed by atoms with van der Waals surface area (Å²) in [6.07, 6.45) is 8.73. The molecule has 2 aliphatic rings. The third-order valence-corrected chi connectivity index (χ3v) is 8.42. The Morgan fingerprint density at radius 2 is 1.78 bits per heavy atom. The van der Waals surface area contributed by atoms with Gasteiger partial charge in [-0.05, 0) is 77.0 Å². The normalized spacial score (nSPS) is 17.7. The van der Waals surface area contributed by atoms with E-state index in [0.29, 0.717) is 49.6 Å². The molecule has 1 aliphatic heterocycles. The maximum absolute atomic E-state index is 13.6. The number of benzene rings is 1. The van der Waals surface area contributed by atoms with E-state index in [-0.39, 0.29) is 40.7 Å². The van der Waals surface area contributed by atoms with Crippen molar-refractivity contribution in [2.24, 2.45) is 11.3 Å². The lowest BCUT2D eigenvalue weighted by Crippen LogP contribution is -2.57. The molecule has 2 heterocycles. The van der Waals surface area contributed by atoms with Gasteiger partial charge in [-0.25, -0.2) is 0 Å². The molecule has 1 aromatic carbocycles. The van der Waals surface area contributed by atoms with Crippen LogP contribution in [0.25, 0.3) is 11.0 Å². The van der Waals surface area contributed by atoms with Gasteiger partial charge in [0.15, 0.2) is 11.2 Å². The fourth-order valence-corrected chi connectivity index (χ4v) is 6.12. The average molecular weight is 568 g/mol. The van der Waals surface area contributed by atoms with Crippen LogP contribution in [0.15, 0.2) is 33.5 Å². The summed E-state index contributed by atoms with van der Waals surface area (Å²) in [5.41, 5.74) is -0.866. The number of hydrogen-bond donors (Lipinski definition) is 2. The monoisotopic (exact) mass is 567 g/mol. The molecule has 4 rings (SSSR count). The van der Waals surface area contributed by atoms with Crippen LogP contribution >= 0.6 is 0 Å². The number of ether oxygens (including phenoxy) is 1. The minimum Gasteiger partial charge on any atom is -0.494 e. The molecule has 0 atom stereocenters. The van der Waals surface area contributed by atoms with E-state index in [1.807, 2.05) is 20.8 Å². The molecule has 1 saturated heterocycles. The van der Waals surface area contributed by atoms with Crippen LogP contribution in [-0.4, -0.2) is 54.4 Å². The van der Waals surface area contributed by atoms with Gasteiger partial charge in [0.2, 0.25) is 11.8 Å². The van der Waals surface area contributed by atoms with Gasteiger partial charge >= 0.3 is 0 Å². The molecule has 2 N–H and O–H groups in total. The highest BCUT2D eigenvalue weighted by Gasteiger charge is 2.48. The van der Waals surface area contributed by atoms with Crippen LogP contribution in [0.2, 0.25) is 0 Å². The highest BCUT2D eigenvalue weighted by atomic mass is 16.5. The minimum absolute atomic E-state index is 0.100. The molecule has 224 valence electrons. The number of rotatable bonds is 9. The Kier molecular flexibility index (Phi) is 9.76. The summed E-state index contributed by atoms with van der Waals surface area (Å²) in [5, 5.41) is 6.15. The lowest BCUT2D eigenvalue weighted by Gasteiger charge is -2.47. The van der Waals surface area contributed by atoms with E-state index in [1.54, 1.807) is 23.1 Å². The standard InChI is InChI=1S/C32H45N3O6/c1-5-6-18-40-23-12-13-26-24(19-23)25(36)20-27(41-26)29(38)33-21-28(37)35-16-14-32(15-17-35,22-10-8-7-9-11-22)30(39)34-31(2,3)4/h12-13,19-20,22H,5-11,14-18,21H2,1-4H3,(H,33,38)(H,34,39). The van der Waals surface area contributed by atoms with E-state index in [9.17, 15) is 19.2 Å². The molecule has 0 spiro atoms. The lowest BCUT2D eigenvalue weighted by atomic mass is 9.63. The number of carbonyl (C=O) groups is 3. The first-order valence-electron chi connectivity index (χ1n) is 15.1. The molecule has 9 nitrogen and oxygen atoms in total. The van der Waals surface area contributed by atoms with E-state index >= 15 is 0 Å². The van der Waals surface area contributed by atoms with Crippen LogP contribution in [0, 0.1) is 11.3 Å². The molecule has 41 heavy (non-hydrogen) atoms. The maximum Gasteiger partial charge on any atom is 0.287 e. The predicted octanol–water partition coefficient (Wildman–Crippen LogP) is 4.81. The Bertz CT molecular complexity index is 1300. The molecular weight excluding hydrogens is 522 g/mol. The third-order valence-electron chi connectivity index (χ3n) is 8.42. The zero-order valence-corrected chi connectivity index (χ0v) is 25.0. The Hall–Kier alpha value is -3.36. The molecule has 0 unspecified atom stereocenters. The number of fused-ring (bicyclic) bond motifs is 1. The smallest absolute Gasteiger partial charge is 0.287 e. The van der Waals surface area contributed by atoms with Gasteiger partial charge in [0.25, 0.3) is 5.91 Å². The second-order valence-electron chi connectivity index (χ2n) is 12.6. The first-order chi connectivity index (χ1) is 19.5. The van der Waals surface area contributed by atoms with Crippen LogP contribution in [0.4, 0.5) is 0 Å². The minimum atomic E-state index is -0.626. The topological polar surface area (TPSA) is 118 Å². The van der Waals surface area contributed by atoms with Gasteiger partial charge in [-0.2, -0.15) is 0 Å². The Labute approximate surface area is 242 Å². The highest BCUT2D eigenvalue weighted by molar-refractivity contribution is 5.95. The van der Waals surface area contributed by atoms with E-state index < -0.39 is 11.3 Å². The average Bonchev–Trinajstić information content (AvgIpc) is 2.95. The van der Waals surface area contributed by atoms with Crippen LogP contribution < -0.4 is 20.8 Å². The van der Waals surface area contributed by atoms with Gasteiger partial charge < -0.3 is 24.7 Å². The van der Waals surface area contributed by atoms with Gasteiger partial charge in [-0.1, -0.05) is 32.6 Å². The molecule has 3 amide bonds. The molecule has 2 fully saturated rings. The molecule has 9 heteroatoms. The van der Waals surface area contributed by atoms with Crippen molar-refractivity contribution in [2.75, 3.05) is 26.2 Å². The zero-order valence-electron chi connectivity index (χ0n) is 25.0. The number of nitrogens with zero attached hydrogens (tertiary/aromatic N) is 1. The molecule has 1 aromatic heterocycles. The van der Waals surface area contributed by atoms with E-state index in [1.165, 1.54) is 6.42 Å². The van der Waals surface area contributed by atoms with Crippen molar-refractivity contribution >= 4 is 28.7 Å². The van der Waals surface area contributed by atoms with Gasteiger partial charge in [0.1, 0.15) is 11.3 Å². The summed E-state index contributed by atoms with van der Waals surface area (Å²) in [7, 11) is 0. The quantitative estimate of drug-likeness (QED) is 0.420. The van der Waals surface area contributed by atoms with Crippen molar-refractivity contribution in [3.05, 3.63) is 40.2 Å². The summed E-state index contributed by atoms with van der Waals surface area (Å²) >= 11 is 0. The summed E-state index contributed by atoms with van der Waals surface area (Å²) in [5.74, 6) is 0.00548. The molecule has 0 bridgehead atoms. The van der Waals surface area contributed by atoms with Gasteiger partial charge in [0, 0.05) is 24.7 Å². The SMILES string of the molecule is CCCCOc1ccc2oc(C(=O)NCC(=O)N3CCC(C(=O)NC(C)(C)C)(C4CCCCC4)CC3)cc(=O)c2c1. The first-order valence-corrected chi connectivity index (χ1v) is 15.1. The predicted molar refractivity (Wildman–Crippen MR) is 158 cm³/mol. The molecule has 1 aliphatic carbocycles. The second-order valence-corrected chi connectivity index (χ2v) is 12.6. The fraction of sp³-hybridized carbons (Fsp3) is 0.625. The molecule has 2 aromatic rings. The molecule has 1 saturated carbocycles. The first kappa shape index (κ1) is 30.6. The van der Waals surface area contributed by atoms with Crippen LogP contribution in [-0.2, 0) is 9.59 Å². The number of hydrogen-bond acceptors (Lipinski definition) is 6. The summed E-state index contributed by atoms with van der Waals surface area (Å²) < 4.78 is 11.4. The lowest BCUT2D eigenvalue weighted by molar-refractivity contribution is -0.145. The highest BCUT2D eigenvalue weighted by Crippen LogP contribution is 2.46. The van der Waals surface area contributed by atoms with Crippen molar-refractivity contribution in [2.45, 2.75) is 91.0 Å². The van der Waals surface area contributed by atoms with Crippen molar-refractivity contribution < 1.29 is 23.5 Å². The van der Waals surface area contributed by atoms with Crippen LogP contribution in [0.1, 0.15) is 96.0 Å². The zero-order chi connectivity index (χ0) is 29.6. The molecule has 0 radical (unpaired) electrons. The summed E-state index contributed by atoms with van der Waals surface area (Å²) in [6, 6.07) is 6.08. The second kappa shape index (κ2) is 13.1. The number of carbonyl (C=O) groups excluding carboxylic acids is 3. The van der Waals surface area contributed by atoms with Crippen molar-refractivity contribution in [3.8, 4) is 5.75 Å². The fourth-order valence-electron chi connectivity index (χ4n) is 6.12. The van der Waals surface area contributed by atoms with Crippen molar-refractivity contribution in [1.82, 2.24) is 15.5 Å². The van der Waals surface area contributed by atoms with E-state index in [4.69, 9.17) is 9.15 Å². The number of amides is 3. The number of likely N-dealkylation sites (tertiary alicyclic amines) is 1. The summed E-state index contributed by atoms with van der Waals surface area (Å²) in [4.78, 5) is 53.9. The molecular formula is C32H45N3O6. The van der Waals surface area contributed by atoms with Gasteiger partial charge in [-0.3, -0.25) is 19.2 Å². The Morgan fingerprint density at radius 3 is 2.44 bits per heavy atom. The third kappa shape index (κ3) is 7.49. The van der Waals surface area contributed by atoms with Gasteiger partial charge in [0.05, 0.1) is 24.0 Å². The Balaban J connectivity index is 1.36. The largest absolute Gasteiger partial charge is 0.494 e. The van der Waals surface area contributed by atoms with Crippen molar-refractivity contribution in [1.29, 1.82) is 0 Å². The van der Waals surface area contributed by atoms with Crippen LogP contribution in [0.3, 0.4) is 0 Å². The number of nitrogens with one attached hydrogen (secondary N) is 2. The van der Waals surface area contributed by atoms with Crippen LogP contribution in [0.5, 0.6) is 5.75 Å². The Morgan fingerprint density at radius 1 is 1.07 bits per heavy atom. The number of piperidine rings is 1.